The number of hydrogen-bond acceptors (Lipinski definition) is 8. The molecule has 1 fully saturated rings. The van der Waals surface area contributed by atoms with E-state index in [-0.39, 0.29) is 43.8 Å². The highest BCUT2D eigenvalue weighted by Crippen LogP contribution is 2.60. The molecule has 2 aliphatic heterocycles. The van der Waals surface area contributed by atoms with Crippen molar-refractivity contribution in [2.75, 3.05) is 36.6 Å². The molecule has 266 valence electrons. The van der Waals surface area contributed by atoms with Gasteiger partial charge in [0.2, 0.25) is 12.3 Å². The molecule has 5 rings (SSSR count). The highest BCUT2D eigenvalue weighted by atomic mass is 28.4. The number of esters is 1. The first kappa shape index (κ1) is 36.9. The fraction of sp³-hybridized carbons (Fsp3) is 0.421. The molecule has 3 aromatic rings. The van der Waals surface area contributed by atoms with Crippen molar-refractivity contribution in [3.8, 4) is 0 Å². The molecule has 0 aromatic heterocycles. The van der Waals surface area contributed by atoms with Crippen LogP contribution in [0, 0.1) is 5.92 Å². The zero-order valence-corrected chi connectivity index (χ0v) is 30.2. The zero-order chi connectivity index (χ0) is 36.1. The first-order valence-electron chi connectivity index (χ1n) is 17.1. The number of amides is 3. The maximum atomic E-state index is 14.8. The fourth-order valence-corrected chi connectivity index (χ4v) is 10.2. The fourth-order valence-electron chi connectivity index (χ4n) is 7.66. The van der Waals surface area contributed by atoms with Crippen LogP contribution in [0.1, 0.15) is 43.7 Å². The van der Waals surface area contributed by atoms with Crippen LogP contribution in [-0.2, 0) is 40.8 Å². The van der Waals surface area contributed by atoms with Crippen molar-refractivity contribution in [3.63, 3.8) is 0 Å². The van der Waals surface area contributed by atoms with Gasteiger partial charge in [0.25, 0.3) is 5.91 Å². The van der Waals surface area contributed by atoms with Crippen LogP contribution in [0.4, 0.5) is 17.1 Å². The predicted molar refractivity (Wildman–Crippen MR) is 192 cm³/mol. The van der Waals surface area contributed by atoms with Crippen LogP contribution in [0.15, 0.2) is 78.9 Å². The van der Waals surface area contributed by atoms with Crippen molar-refractivity contribution in [2.45, 2.75) is 69.5 Å². The monoisotopic (exact) mass is 701 g/mol. The van der Waals surface area contributed by atoms with E-state index in [4.69, 9.17) is 9.47 Å². The molecule has 11 nitrogen and oxygen atoms in total. The zero-order valence-electron chi connectivity index (χ0n) is 29.2. The number of nitrogens with zero attached hydrogens (tertiary/aromatic N) is 3. The average Bonchev–Trinajstić information content (AvgIpc) is 3.53. The van der Waals surface area contributed by atoms with Gasteiger partial charge in [-0.15, -0.1) is 0 Å². The summed E-state index contributed by atoms with van der Waals surface area (Å²) in [5, 5.41) is 9.83. The molecule has 0 aliphatic carbocycles. The third-order valence-corrected chi connectivity index (χ3v) is 12.4. The highest BCUT2D eigenvalue weighted by molar-refractivity contribution is 6.71. The van der Waals surface area contributed by atoms with E-state index < -0.39 is 31.5 Å². The van der Waals surface area contributed by atoms with E-state index in [0.29, 0.717) is 48.6 Å². The molecule has 0 radical (unpaired) electrons. The number of aliphatic hydroxyl groups is 1. The number of aliphatic hydroxyl groups excluding tert-OH is 1. The number of rotatable bonds is 15. The average molecular weight is 702 g/mol. The van der Waals surface area contributed by atoms with Gasteiger partial charge >= 0.3 is 5.97 Å². The van der Waals surface area contributed by atoms with E-state index in [1.54, 1.807) is 35.0 Å². The molecular weight excluding hydrogens is 655 g/mol. The van der Waals surface area contributed by atoms with Crippen molar-refractivity contribution >= 4 is 49.6 Å². The summed E-state index contributed by atoms with van der Waals surface area (Å²) in [7, 11) is -1.75. The number of benzene rings is 3. The van der Waals surface area contributed by atoms with Gasteiger partial charge in [-0.2, -0.15) is 0 Å². The number of hydrogen-bond donors (Lipinski definition) is 2. The molecule has 3 aromatic carbocycles. The molecule has 2 heterocycles. The van der Waals surface area contributed by atoms with Gasteiger partial charge in [-0.1, -0.05) is 55.5 Å². The first-order valence-corrected chi connectivity index (χ1v) is 20.1. The van der Waals surface area contributed by atoms with Crippen molar-refractivity contribution in [1.29, 1.82) is 0 Å². The molecule has 3 amide bonds. The Morgan fingerprint density at radius 1 is 1.02 bits per heavy atom. The molecule has 0 bridgehead atoms. The minimum Gasteiger partial charge on any atom is -0.469 e. The Morgan fingerprint density at radius 2 is 1.70 bits per heavy atom. The summed E-state index contributed by atoms with van der Waals surface area (Å²) in [6.07, 6.45) is 1.10. The second-order valence-corrected chi connectivity index (χ2v) is 17.6. The summed E-state index contributed by atoms with van der Waals surface area (Å²) >= 11 is 0. The number of methoxy groups -OCH3 is 1. The summed E-state index contributed by atoms with van der Waals surface area (Å²) in [6.45, 7) is 6.01. The Kier molecular flexibility index (Phi) is 11.6. The molecule has 2 N–H and O–H groups in total. The Hall–Kier alpha value is -4.36. The van der Waals surface area contributed by atoms with E-state index in [2.05, 4.69) is 0 Å². The molecule has 2 aliphatic rings. The van der Waals surface area contributed by atoms with Crippen LogP contribution in [0.3, 0.4) is 0 Å². The van der Waals surface area contributed by atoms with Gasteiger partial charge in [-0.05, 0) is 61.8 Å². The molecular formula is C38H47N3O8Si. The Morgan fingerprint density at radius 3 is 2.32 bits per heavy atom. The number of unbranched alkanes of at least 4 members (excludes halogenated alkanes) is 1. The summed E-state index contributed by atoms with van der Waals surface area (Å²) < 4.78 is 11.7. The van der Waals surface area contributed by atoms with Crippen molar-refractivity contribution in [2.24, 2.45) is 5.92 Å². The van der Waals surface area contributed by atoms with Crippen molar-refractivity contribution in [3.05, 3.63) is 90.0 Å². The summed E-state index contributed by atoms with van der Waals surface area (Å²) in [5.41, 5.74) is 1.24. The van der Waals surface area contributed by atoms with Gasteiger partial charge < -0.3 is 29.2 Å². The standard InChI is InChI=1S/C38H47N3O8Si/c1-27-36(50(3,4)47)33(24-34(44)39(21-22-42)25-28-13-7-5-8-14-28)49-38(27)31-23-30(41(26-43)29-15-9-6-10-16-29)18-19-32(31)40(37(38)46)20-12-11-17-35(45)48-2/h5-10,13-16,18-19,23,26-27,33,36,42,47H,11-12,17,20-22,24-25H2,1-4H3/t27-,33+,36-,38+/m0/s1. The van der Waals surface area contributed by atoms with E-state index >= 15 is 0 Å². The highest BCUT2D eigenvalue weighted by Gasteiger charge is 2.66. The maximum absolute atomic E-state index is 14.8. The van der Waals surface area contributed by atoms with E-state index in [1.807, 2.05) is 73.7 Å². The Bertz CT molecular complexity index is 1670. The lowest BCUT2D eigenvalue weighted by Gasteiger charge is -2.33. The van der Waals surface area contributed by atoms with E-state index in [1.165, 1.54) is 12.0 Å². The normalized spacial score (nSPS) is 21.3. The Balaban J connectivity index is 1.54. The minimum absolute atomic E-state index is 0.0908. The lowest BCUT2D eigenvalue weighted by atomic mass is 9.82. The molecule has 1 spiro atoms. The lowest BCUT2D eigenvalue weighted by Crippen LogP contribution is -2.46. The van der Waals surface area contributed by atoms with Crippen LogP contribution in [-0.4, -0.2) is 80.2 Å². The molecule has 1 saturated heterocycles. The van der Waals surface area contributed by atoms with Gasteiger partial charge in [0.1, 0.15) is 0 Å². The number of anilines is 3. The van der Waals surface area contributed by atoms with Crippen LogP contribution >= 0.6 is 0 Å². The van der Waals surface area contributed by atoms with Gasteiger partial charge in [-0.25, -0.2) is 0 Å². The smallest absolute Gasteiger partial charge is 0.305 e. The number of fused-ring (bicyclic) bond motifs is 2. The van der Waals surface area contributed by atoms with Crippen LogP contribution in [0.2, 0.25) is 18.6 Å². The Labute approximate surface area is 294 Å². The van der Waals surface area contributed by atoms with E-state index in [9.17, 15) is 29.1 Å². The molecule has 0 unspecified atom stereocenters. The molecule has 50 heavy (non-hydrogen) atoms. The number of para-hydroxylation sites is 1. The van der Waals surface area contributed by atoms with Crippen LogP contribution in [0.25, 0.3) is 0 Å². The van der Waals surface area contributed by atoms with Gasteiger partial charge in [-0.3, -0.25) is 24.1 Å². The third kappa shape index (κ3) is 7.39. The number of carbonyl (C=O) groups is 4. The topological polar surface area (TPSA) is 137 Å². The third-order valence-electron chi connectivity index (χ3n) is 9.94. The van der Waals surface area contributed by atoms with Crippen molar-refractivity contribution in [1.82, 2.24) is 4.90 Å². The van der Waals surface area contributed by atoms with Crippen LogP contribution in [0.5, 0.6) is 0 Å². The van der Waals surface area contributed by atoms with Gasteiger partial charge in [0.15, 0.2) is 13.9 Å². The van der Waals surface area contributed by atoms with Gasteiger partial charge in [0, 0.05) is 54.5 Å². The van der Waals surface area contributed by atoms with E-state index in [0.717, 1.165) is 12.0 Å². The predicted octanol–water partition coefficient (Wildman–Crippen LogP) is 4.88. The van der Waals surface area contributed by atoms with Crippen LogP contribution < -0.4 is 9.80 Å². The molecule has 12 heteroatoms. The first-order chi connectivity index (χ1) is 24.0. The molecule has 0 saturated carbocycles. The number of ether oxygens (including phenoxy) is 2. The summed E-state index contributed by atoms with van der Waals surface area (Å²) in [4.78, 5) is 69.5. The van der Waals surface area contributed by atoms with Crippen molar-refractivity contribution < 1.29 is 38.6 Å². The van der Waals surface area contributed by atoms with Gasteiger partial charge in [0.05, 0.1) is 31.9 Å². The summed E-state index contributed by atoms with van der Waals surface area (Å²) in [6, 6.07) is 24.1. The largest absolute Gasteiger partial charge is 0.469 e. The summed E-state index contributed by atoms with van der Waals surface area (Å²) in [5.74, 6) is -1.41. The quantitative estimate of drug-likeness (QED) is 0.0991. The lowest BCUT2D eigenvalue weighted by molar-refractivity contribution is -0.149. The molecule has 4 atom stereocenters. The minimum atomic E-state index is -3.09. The second kappa shape index (κ2) is 15.7. The SMILES string of the molecule is COC(=O)CCCCN1C(=O)[C@]2(O[C@H](CC(=O)N(CCO)Cc3ccccc3)[C@@H]([Si](C)(C)O)[C@@H]2C)c2cc(N(C=O)c3ccccc3)ccc21. The second-order valence-electron chi connectivity index (χ2n) is 13.6. The number of carbonyl (C=O) groups excluding carboxylic acids is 4. The maximum Gasteiger partial charge on any atom is 0.305 e.